The third-order valence-corrected chi connectivity index (χ3v) is 3.77. The molecule has 1 aliphatic rings. The molecule has 1 aromatic carbocycles. The highest BCUT2D eigenvalue weighted by Gasteiger charge is 2.26. The molecule has 0 aliphatic carbocycles. The van der Waals surface area contributed by atoms with Crippen LogP contribution in [-0.2, 0) is 0 Å². The molecule has 0 saturated carbocycles. The molecule has 1 aliphatic heterocycles. The minimum atomic E-state index is 0.158. The fourth-order valence-corrected chi connectivity index (χ4v) is 2.68. The summed E-state index contributed by atoms with van der Waals surface area (Å²) in [6, 6.07) is 9.68. The second-order valence-corrected chi connectivity index (χ2v) is 5.59. The first kappa shape index (κ1) is 17.2. The fraction of sp³-hybridized carbons (Fsp3) is 0.333. The van der Waals surface area contributed by atoms with Gasteiger partial charge in [-0.05, 0) is 17.7 Å². The number of anilines is 1. The summed E-state index contributed by atoms with van der Waals surface area (Å²) in [7, 11) is 7.03. The minimum Gasteiger partial charge on any atom is -0.493 e. The van der Waals surface area contributed by atoms with Crippen molar-refractivity contribution in [3.8, 4) is 23.6 Å². The Morgan fingerprint density at radius 1 is 1.12 bits per heavy atom. The van der Waals surface area contributed by atoms with Crippen molar-refractivity contribution in [2.45, 2.75) is 0 Å². The average Bonchev–Trinajstić information content (AvgIpc) is 2.98. The maximum absolute atomic E-state index is 9.22. The molecule has 124 valence electrons. The molecule has 0 atom stereocenters. The van der Waals surface area contributed by atoms with Crippen molar-refractivity contribution in [3.63, 3.8) is 0 Å². The van der Waals surface area contributed by atoms with Gasteiger partial charge in [0.1, 0.15) is 17.7 Å². The Bertz CT molecular complexity index is 750. The van der Waals surface area contributed by atoms with Gasteiger partial charge >= 0.3 is 0 Å². The van der Waals surface area contributed by atoms with Crippen molar-refractivity contribution >= 4 is 5.69 Å². The van der Waals surface area contributed by atoms with Gasteiger partial charge in [0.15, 0.2) is 11.5 Å². The Balaban J connectivity index is 2.43. The molecule has 1 fully saturated rings. The first-order valence-corrected chi connectivity index (χ1v) is 7.41. The molecule has 1 aromatic rings. The molecule has 0 radical (unpaired) electrons. The Hall–Kier alpha value is -3.12. The monoisotopic (exact) mass is 324 g/mol. The minimum absolute atomic E-state index is 0.158. The molecule has 0 amide bonds. The Labute approximate surface area is 142 Å². The fourth-order valence-electron chi connectivity index (χ4n) is 2.68. The van der Waals surface area contributed by atoms with E-state index in [1.165, 1.54) is 0 Å². The molecule has 0 N–H and O–H groups in total. The molecular weight excluding hydrogens is 304 g/mol. The summed E-state index contributed by atoms with van der Waals surface area (Å²) in [4.78, 5) is 4.01. The quantitative estimate of drug-likeness (QED) is 0.791. The Morgan fingerprint density at radius 3 is 2.33 bits per heavy atom. The van der Waals surface area contributed by atoms with Gasteiger partial charge in [-0.1, -0.05) is 0 Å². The predicted molar refractivity (Wildman–Crippen MR) is 91.8 cm³/mol. The summed E-state index contributed by atoms with van der Waals surface area (Å²) < 4.78 is 10.6. The zero-order valence-corrected chi connectivity index (χ0v) is 14.3. The second-order valence-electron chi connectivity index (χ2n) is 5.59. The lowest BCUT2D eigenvalue weighted by Gasteiger charge is -2.19. The number of hydrogen-bond acceptors (Lipinski definition) is 6. The van der Waals surface area contributed by atoms with Crippen LogP contribution in [0.15, 0.2) is 41.1 Å². The lowest BCUT2D eigenvalue weighted by atomic mass is 10.1. The SMILES string of the molecule is COc1ccc(N2CC(=CN(C)C)C(=C(C#N)C#N)C2)cc1OC. The topological polar surface area (TPSA) is 72.5 Å². The smallest absolute Gasteiger partial charge is 0.162 e. The van der Waals surface area contributed by atoms with Gasteiger partial charge < -0.3 is 19.3 Å². The summed E-state index contributed by atoms with van der Waals surface area (Å²) in [5.74, 6) is 1.31. The molecule has 24 heavy (non-hydrogen) atoms. The van der Waals surface area contributed by atoms with E-state index >= 15 is 0 Å². The number of methoxy groups -OCH3 is 2. The Kier molecular flexibility index (Phi) is 5.34. The first-order valence-electron chi connectivity index (χ1n) is 7.41. The Morgan fingerprint density at radius 2 is 1.79 bits per heavy atom. The van der Waals surface area contributed by atoms with E-state index in [9.17, 15) is 10.5 Å². The summed E-state index contributed by atoms with van der Waals surface area (Å²) in [5.41, 5.74) is 2.84. The number of ether oxygens (including phenoxy) is 2. The van der Waals surface area contributed by atoms with E-state index in [0.29, 0.717) is 24.6 Å². The molecular formula is C18H20N4O2. The summed E-state index contributed by atoms with van der Waals surface area (Å²) in [6.45, 7) is 1.13. The van der Waals surface area contributed by atoms with Crippen molar-refractivity contribution in [1.82, 2.24) is 4.90 Å². The maximum Gasteiger partial charge on any atom is 0.162 e. The first-order chi connectivity index (χ1) is 11.5. The van der Waals surface area contributed by atoms with Crippen LogP contribution in [-0.4, -0.2) is 46.3 Å². The highest BCUT2D eigenvalue weighted by molar-refractivity contribution is 5.64. The van der Waals surface area contributed by atoms with Crippen LogP contribution < -0.4 is 14.4 Å². The van der Waals surface area contributed by atoms with Crippen LogP contribution in [0, 0.1) is 22.7 Å². The van der Waals surface area contributed by atoms with Crippen LogP contribution in [0.5, 0.6) is 11.5 Å². The van der Waals surface area contributed by atoms with Crippen molar-refractivity contribution < 1.29 is 9.47 Å². The van der Waals surface area contributed by atoms with E-state index in [2.05, 4.69) is 4.90 Å². The molecule has 0 bridgehead atoms. The van der Waals surface area contributed by atoms with E-state index in [4.69, 9.17) is 9.47 Å². The highest BCUT2D eigenvalue weighted by atomic mass is 16.5. The normalized spacial score (nSPS) is 15.0. The van der Waals surface area contributed by atoms with Gasteiger partial charge in [-0.2, -0.15) is 10.5 Å². The van der Waals surface area contributed by atoms with Crippen molar-refractivity contribution in [2.24, 2.45) is 0 Å². The van der Waals surface area contributed by atoms with Crippen LogP contribution in [0.2, 0.25) is 0 Å². The van der Waals surface area contributed by atoms with E-state index in [1.54, 1.807) is 14.2 Å². The number of allylic oxidation sites excluding steroid dienone is 1. The van der Waals surface area contributed by atoms with E-state index < -0.39 is 0 Å². The number of hydrogen-bond donors (Lipinski definition) is 0. The number of benzene rings is 1. The maximum atomic E-state index is 9.22. The van der Waals surface area contributed by atoms with Gasteiger partial charge in [0, 0.05) is 50.7 Å². The predicted octanol–water partition coefficient (Wildman–Crippen LogP) is 2.31. The van der Waals surface area contributed by atoms with Gasteiger partial charge in [-0.15, -0.1) is 0 Å². The van der Waals surface area contributed by atoms with Crippen LogP contribution >= 0.6 is 0 Å². The summed E-state index contributed by atoms with van der Waals surface area (Å²) >= 11 is 0. The van der Waals surface area contributed by atoms with Gasteiger partial charge in [-0.25, -0.2) is 0 Å². The van der Waals surface area contributed by atoms with Crippen molar-refractivity contribution in [2.75, 3.05) is 46.3 Å². The molecule has 0 unspecified atom stereocenters. The van der Waals surface area contributed by atoms with E-state index in [-0.39, 0.29) is 5.57 Å². The van der Waals surface area contributed by atoms with Crippen LogP contribution in [0.25, 0.3) is 0 Å². The number of nitrogens with zero attached hydrogens (tertiary/aromatic N) is 4. The van der Waals surface area contributed by atoms with Crippen molar-refractivity contribution in [3.05, 3.63) is 41.1 Å². The van der Waals surface area contributed by atoms with Crippen LogP contribution in [0.3, 0.4) is 0 Å². The third-order valence-electron chi connectivity index (χ3n) is 3.77. The van der Waals surface area contributed by atoms with Gasteiger partial charge in [-0.3, -0.25) is 0 Å². The van der Waals surface area contributed by atoms with Gasteiger partial charge in [0.2, 0.25) is 0 Å². The third kappa shape index (κ3) is 3.44. The number of nitriles is 2. The lowest BCUT2D eigenvalue weighted by Crippen LogP contribution is -2.18. The molecule has 1 heterocycles. The summed E-state index contributed by atoms with van der Waals surface area (Å²) in [6.07, 6.45) is 1.95. The molecule has 0 spiro atoms. The van der Waals surface area contributed by atoms with Gasteiger partial charge in [0.25, 0.3) is 0 Å². The zero-order valence-electron chi connectivity index (χ0n) is 14.3. The number of rotatable bonds is 4. The molecule has 6 heteroatoms. The van der Waals surface area contributed by atoms with Gasteiger partial charge in [0.05, 0.1) is 14.2 Å². The van der Waals surface area contributed by atoms with Crippen LogP contribution in [0.1, 0.15) is 0 Å². The summed E-state index contributed by atoms with van der Waals surface area (Å²) in [5, 5.41) is 18.4. The largest absolute Gasteiger partial charge is 0.493 e. The standard InChI is InChI=1S/C18H20N4O2/c1-21(2)10-14-11-22(12-16(14)13(8-19)9-20)15-5-6-17(23-3)18(7-15)24-4/h5-7,10H,11-12H2,1-4H3. The van der Waals surface area contributed by atoms with E-state index in [1.807, 2.05) is 55.5 Å². The van der Waals surface area contributed by atoms with Crippen molar-refractivity contribution in [1.29, 1.82) is 10.5 Å². The average molecular weight is 324 g/mol. The van der Waals surface area contributed by atoms with E-state index in [0.717, 1.165) is 16.8 Å². The molecule has 6 nitrogen and oxygen atoms in total. The second kappa shape index (κ2) is 7.43. The lowest BCUT2D eigenvalue weighted by molar-refractivity contribution is 0.355. The highest BCUT2D eigenvalue weighted by Crippen LogP contribution is 2.35. The zero-order chi connectivity index (χ0) is 17.7. The molecule has 1 saturated heterocycles. The van der Waals surface area contributed by atoms with Crippen LogP contribution in [0.4, 0.5) is 5.69 Å². The molecule has 2 rings (SSSR count). The molecule has 0 aromatic heterocycles.